The van der Waals surface area contributed by atoms with Crippen molar-refractivity contribution < 1.29 is 0 Å². The van der Waals surface area contributed by atoms with Gasteiger partial charge in [0.2, 0.25) is 0 Å². The van der Waals surface area contributed by atoms with Crippen LogP contribution in [0.15, 0.2) is 22.7 Å². The van der Waals surface area contributed by atoms with Crippen LogP contribution in [0.1, 0.15) is 32.8 Å². The van der Waals surface area contributed by atoms with E-state index in [0.717, 1.165) is 10.4 Å². The molecule has 0 bridgehead atoms. The predicted molar refractivity (Wildman–Crippen MR) is 71.4 cm³/mol. The predicted octanol–water partition coefficient (Wildman–Crippen LogP) is 4.60. The van der Waals surface area contributed by atoms with Gasteiger partial charge in [-0.05, 0) is 43.9 Å². The Morgan fingerprint density at radius 3 is 2.53 bits per heavy atom. The Labute approximate surface area is 101 Å². The molecule has 0 aliphatic rings. The summed E-state index contributed by atoms with van der Waals surface area (Å²) in [6.07, 6.45) is 1.20. The van der Waals surface area contributed by atoms with Crippen LogP contribution < -0.4 is 5.32 Å². The van der Waals surface area contributed by atoms with Gasteiger partial charge in [0.15, 0.2) is 0 Å². The molecule has 1 unspecified atom stereocenters. The number of hydrogen-bond acceptors (Lipinski definition) is 1. The van der Waals surface area contributed by atoms with Crippen molar-refractivity contribution in [2.75, 3.05) is 5.32 Å². The van der Waals surface area contributed by atoms with Gasteiger partial charge in [-0.1, -0.05) is 35.8 Å². The Morgan fingerprint density at radius 1 is 1.27 bits per heavy atom. The quantitative estimate of drug-likeness (QED) is 0.842. The number of halogens is 1. The van der Waals surface area contributed by atoms with Crippen LogP contribution in [0.5, 0.6) is 0 Å². The molecule has 1 aromatic carbocycles. The fourth-order valence-corrected chi connectivity index (χ4v) is 2.14. The minimum absolute atomic E-state index is 0.526. The van der Waals surface area contributed by atoms with Crippen LogP contribution in [-0.2, 0) is 0 Å². The standard InChI is InChI=1S/C13H20BrN/c1-9(2)7-11(4)15-13-8-12(14)6-5-10(13)3/h5-6,8-9,11,15H,7H2,1-4H3. The molecule has 1 atom stereocenters. The van der Waals surface area contributed by atoms with E-state index in [9.17, 15) is 0 Å². The Balaban J connectivity index is 2.67. The van der Waals surface area contributed by atoms with Crippen LogP contribution in [-0.4, -0.2) is 6.04 Å². The monoisotopic (exact) mass is 269 g/mol. The molecule has 84 valence electrons. The van der Waals surface area contributed by atoms with Crippen LogP contribution >= 0.6 is 15.9 Å². The van der Waals surface area contributed by atoms with E-state index in [-0.39, 0.29) is 0 Å². The number of rotatable bonds is 4. The maximum absolute atomic E-state index is 3.55. The highest BCUT2D eigenvalue weighted by atomic mass is 79.9. The van der Waals surface area contributed by atoms with E-state index in [2.05, 4.69) is 67.1 Å². The van der Waals surface area contributed by atoms with Crippen molar-refractivity contribution in [3.8, 4) is 0 Å². The molecule has 1 N–H and O–H groups in total. The summed E-state index contributed by atoms with van der Waals surface area (Å²) in [6.45, 7) is 8.88. The molecule has 1 rings (SSSR count). The normalized spacial score (nSPS) is 12.9. The van der Waals surface area contributed by atoms with Crippen molar-refractivity contribution in [1.29, 1.82) is 0 Å². The average Bonchev–Trinajstić information content (AvgIpc) is 2.10. The highest BCUT2D eigenvalue weighted by Gasteiger charge is 2.06. The third-order valence-electron chi connectivity index (χ3n) is 2.43. The van der Waals surface area contributed by atoms with E-state index in [0.29, 0.717) is 6.04 Å². The third kappa shape index (κ3) is 4.25. The summed E-state index contributed by atoms with van der Waals surface area (Å²) in [5.41, 5.74) is 2.53. The second-order valence-electron chi connectivity index (χ2n) is 4.63. The Morgan fingerprint density at radius 2 is 1.93 bits per heavy atom. The van der Waals surface area contributed by atoms with E-state index < -0.39 is 0 Å². The molecule has 1 aromatic rings. The molecule has 0 saturated heterocycles. The second-order valence-corrected chi connectivity index (χ2v) is 5.55. The van der Waals surface area contributed by atoms with E-state index >= 15 is 0 Å². The SMILES string of the molecule is Cc1ccc(Br)cc1NC(C)CC(C)C. The van der Waals surface area contributed by atoms with E-state index in [1.54, 1.807) is 0 Å². The summed E-state index contributed by atoms with van der Waals surface area (Å²) in [5, 5.41) is 3.55. The molecule has 0 radical (unpaired) electrons. The molecule has 0 aliphatic heterocycles. The molecule has 0 heterocycles. The van der Waals surface area contributed by atoms with Gasteiger partial charge >= 0.3 is 0 Å². The van der Waals surface area contributed by atoms with Gasteiger partial charge in [0.05, 0.1) is 0 Å². The molecule has 0 saturated carbocycles. The molecule has 1 nitrogen and oxygen atoms in total. The summed E-state index contributed by atoms with van der Waals surface area (Å²) >= 11 is 3.50. The van der Waals surface area contributed by atoms with Crippen molar-refractivity contribution in [3.05, 3.63) is 28.2 Å². The van der Waals surface area contributed by atoms with Crippen LogP contribution in [0.4, 0.5) is 5.69 Å². The van der Waals surface area contributed by atoms with E-state index in [1.165, 1.54) is 17.7 Å². The van der Waals surface area contributed by atoms with Crippen molar-refractivity contribution in [1.82, 2.24) is 0 Å². The third-order valence-corrected chi connectivity index (χ3v) is 2.92. The number of benzene rings is 1. The summed E-state index contributed by atoms with van der Waals surface area (Å²) in [5.74, 6) is 0.736. The summed E-state index contributed by atoms with van der Waals surface area (Å²) < 4.78 is 1.13. The maximum Gasteiger partial charge on any atom is 0.0383 e. The smallest absolute Gasteiger partial charge is 0.0383 e. The maximum atomic E-state index is 3.55. The lowest BCUT2D eigenvalue weighted by atomic mass is 10.0. The second kappa shape index (κ2) is 5.55. The lowest BCUT2D eigenvalue weighted by Crippen LogP contribution is -2.17. The zero-order chi connectivity index (χ0) is 11.4. The molecule has 0 aliphatic carbocycles. The van der Waals surface area contributed by atoms with Crippen molar-refractivity contribution >= 4 is 21.6 Å². The van der Waals surface area contributed by atoms with Gasteiger partial charge in [0.1, 0.15) is 0 Å². The Hall–Kier alpha value is -0.500. The molecular formula is C13H20BrN. The van der Waals surface area contributed by atoms with E-state index in [4.69, 9.17) is 0 Å². The summed E-state index contributed by atoms with van der Waals surface area (Å²) in [6, 6.07) is 6.88. The van der Waals surface area contributed by atoms with E-state index in [1.807, 2.05) is 0 Å². The topological polar surface area (TPSA) is 12.0 Å². The van der Waals surface area contributed by atoms with Crippen molar-refractivity contribution in [3.63, 3.8) is 0 Å². The minimum atomic E-state index is 0.526. The van der Waals surface area contributed by atoms with Gasteiger partial charge in [0.25, 0.3) is 0 Å². The van der Waals surface area contributed by atoms with Crippen molar-refractivity contribution in [2.24, 2.45) is 5.92 Å². The van der Waals surface area contributed by atoms with Gasteiger partial charge in [-0.15, -0.1) is 0 Å². The Kier molecular flexibility index (Phi) is 4.65. The molecule has 0 spiro atoms. The van der Waals surface area contributed by atoms with Crippen molar-refractivity contribution in [2.45, 2.75) is 40.2 Å². The molecule has 0 amide bonds. The summed E-state index contributed by atoms with van der Waals surface area (Å²) in [4.78, 5) is 0. The van der Waals surface area contributed by atoms with Crippen LogP contribution in [0.25, 0.3) is 0 Å². The fourth-order valence-electron chi connectivity index (χ4n) is 1.78. The lowest BCUT2D eigenvalue weighted by molar-refractivity contribution is 0.539. The number of hydrogen-bond donors (Lipinski definition) is 1. The molecule has 0 aromatic heterocycles. The highest BCUT2D eigenvalue weighted by molar-refractivity contribution is 9.10. The molecular weight excluding hydrogens is 250 g/mol. The zero-order valence-electron chi connectivity index (χ0n) is 9.97. The van der Waals surface area contributed by atoms with Gasteiger partial charge in [0, 0.05) is 16.2 Å². The molecule has 2 heteroatoms. The highest BCUT2D eigenvalue weighted by Crippen LogP contribution is 2.22. The lowest BCUT2D eigenvalue weighted by Gasteiger charge is -2.19. The summed E-state index contributed by atoms with van der Waals surface area (Å²) in [7, 11) is 0. The van der Waals surface area contributed by atoms with Gasteiger partial charge < -0.3 is 5.32 Å². The molecule has 15 heavy (non-hydrogen) atoms. The molecule has 0 fully saturated rings. The number of anilines is 1. The first-order valence-electron chi connectivity index (χ1n) is 5.51. The first-order valence-corrected chi connectivity index (χ1v) is 6.31. The van der Waals surface area contributed by atoms with Crippen LogP contribution in [0.3, 0.4) is 0 Å². The van der Waals surface area contributed by atoms with Gasteiger partial charge in [-0.3, -0.25) is 0 Å². The fraction of sp³-hybridized carbons (Fsp3) is 0.538. The van der Waals surface area contributed by atoms with Gasteiger partial charge in [-0.2, -0.15) is 0 Å². The number of nitrogens with one attached hydrogen (secondary N) is 1. The first-order chi connectivity index (χ1) is 6.99. The van der Waals surface area contributed by atoms with Crippen LogP contribution in [0.2, 0.25) is 0 Å². The largest absolute Gasteiger partial charge is 0.382 e. The number of aryl methyl sites for hydroxylation is 1. The first kappa shape index (κ1) is 12.6. The average molecular weight is 270 g/mol. The minimum Gasteiger partial charge on any atom is -0.382 e. The van der Waals surface area contributed by atoms with Gasteiger partial charge in [-0.25, -0.2) is 0 Å². The Bertz CT molecular complexity index is 320. The zero-order valence-corrected chi connectivity index (χ0v) is 11.6. The van der Waals surface area contributed by atoms with Crippen LogP contribution in [0, 0.1) is 12.8 Å².